The third-order valence-corrected chi connectivity index (χ3v) is 4.55. The summed E-state index contributed by atoms with van der Waals surface area (Å²) in [6.45, 7) is 2.59. The number of hydrogen-bond donors (Lipinski definition) is 1. The fraction of sp³-hybridized carbons (Fsp3) is 0.421. The van der Waals surface area contributed by atoms with Gasteiger partial charge in [0, 0.05) is 20.1 Å². The van der Waals surface area contributed by atoms with E-state index in [4.69, 9.17) is 0 Å². The largest absolute Gasteiger partial charge is 0.393 e. The van der Waals surface area contributed by atoms with Crippen molar-refractivity contribution in [1.29, 1.82) is 0 Å². The van der Waals surface area contributed by atoms with Gasteiger partial charge in [0.15, 0.2) is 11.2 Å². The quantitative estimate of drug-likeness (QED) is 0.651. The molecule has 1 aromatic carbocycles. The first-order valence-corrected chi connectivity index (χ1v) is 8.85. The molecule has 0 saturated carbocycles. The molecule has 7 nitrogen and oxygen atoms in total. The third-order valence-electron chi connectivity index (χ3n) is 4.55. The van der Waals surface area contributed by atoms with Crippen molar-refractivity contribution < 1.29 is 5.11 Å². The van der Waals surface area contributed by atoms with Crippen molar-refractivity contribution in [2.75, 3.05) is 0 Å². The van der Waals surface area contributed by atoms with Crippen molar-refractivity contribution >= 4 is 11.2 Å². The van der Waals surface area contributed by atoms with E-state index in [2.05, 4.69) is 4.98 Å². The summed E-state index contributed by atoms with van der Waals surface area (Å²) in [6, 6.07) is 9.82. The highest BCUT2D eigenvalue weighted by Crippen LogP contribution is 2.10. The lowest BCUT2D eigenvalue weighted by Gasteiger charge is -2.10. The van der Waals surface area contributed by atoms with Gasteiger partial charge < -0.3 is 9.67 Å². The van der Waals surface area contributed by atoms with Gasteiger partial charge in [0.25, 0.3) is 5.56 Å². The summed E-state index contributed by atoms with van der Waals surface area (Å²) in [6.07, 6.45) is 3.32. The minimum absolute atomic E-state index is 0.312. The van der Waals surface area contributed by atoms with Crippen LogP contribution in [0.2, 0.25) is 0 Å². The van der Waals surface area contributed by atoms with Crippen LogP contribution < -0.4 is 11.2 Å². The van der Waals surface area contributed by atoms with E-state index in [-0.39, 0.29) is 17.4 Å². The Morgan fingerprint density at radius 1 is 1.15 bits per heavy atom. The Bertz CT molecular complexity index is 999. The van der Waals surface area contributed by atoms with Crippen LogP contribution in [0.15, 0.2) is 46.2 Å². The lowest BCUT2D eigenvalue weighted by molar-refractivity contribution is 0.180. The van der Waals surface area contributed by atoms with Gasteiger partial charge in [-0.1, -0.05) is 30.3 Å². The molecule has 0 aliphatic carbocycles. The van der Waals surface area contributed by atoms with Crippen LogP contribution in [-0.2, 0) is 20.1 Å². The molecule has 0 spiro atoms. The molecule has 26 heavy (non-hydrogen) atoms. The molecule has 0 bridgehead atoms. The predicted octanol–water partition coefficient (Wildman–Crippen LogP) is 1.50. The molecule has 0 radical (unpaired) electrons. The highest BCUT2D eigenvalue weighted by Gasteiger charge is 2.16. The van der Waals surface area contributed by atoms with Gasteiger partial charge in [0.2, 0.25) is 0 Å². The first kappa shape index (κ1) is 18.1. The molecule has 1 N–H and O–H groups in total. The summed E-state index contributed by atoms with van der Waals surface area (Å²) in [4.78, 5) is 29.7. The summed E-state index contributed by atoms with van der Waals surface area (Å²) < 4.78 is 4.49. The smallest absolute Gasteiger partial charge is 0.332 e. The Hall–Kier alpha value is -2.67. The molecule has 2 aromatic heterocycles. The van der Waals surface area contributed by atoms with Crippen molar-refractivity contribution in [3.63, 3.8) is 0 Å². The molecule has 3 rings (SSSR count). The van der Waals surface area contributed by atoms with E-state index in [1.54, 1.807) is 24.9 Å². The summed E-state index contributed by atoms with van der Waals surface area (Å²) in [5, 5.41) is 9.35. The standard InChI is InChI=1S/C19H24N4O3/c1-14(24)8-6-7-11-23-18(25)16-17(21(2)19(23)26)20-13-22(16)12-15-9-4-3-5-10-15/h3-5,9-10,13-14,24H,6-8,11-12H2,1-2H3/t14-/m1/s1. The van der Waals surface area contributed by atoms with Crippen molar-refractivity contribution in [2.45, 2.75) is 45.4 Å². The van der Waals surface area contributed by atoms with Crippen molar-refractivity contribution in [3.8, 4) is 0 Å². The number of hydrogen-bond acceptors (Lipinski definition) is 4. The zero-order valence-corrected chi connectivity index (χ0v) is 15.1. The van der Waals surface area contributed by atoms with E-state index in [0.717, 1.165) is 12.0 Å². The maximum Gasteiger partial charge on any atom is 0.332 e. The first-order valence-electron chi connectivity index (χ1n) is 8.85. The number of rotatable bonds is 7. The second-order valence-corrected chi connectivity index (χ2v) is 6.67. The molecular formula is C19H24N4O3. The van der Waals surface area contributed by atoms with Gasteiger partial charge in [-0.15, -0.1) is 0 Å². The number of aliphatic hydroxyl groups excluding tert-OH is 1. The van der Waals surface area contributed by atoms with E-state index in [1.807, 2.05) is 30.3 Å². The van der Waals surface area contributed by atoms with Gasteiger partial charge in [-0.05, 0) is 31.7 Å². The van der Waals surface area contributed by atoms with Gasteiger partial charge in [-0.3, -0.25) is 13.9 Å². The lowest BCUT2D eigenvalue weighted by atomic mass is 10.2. The number of imidazole rings is 1. The lowest BCUT2D eigenvalue weighted by Crippen LogP contribution is -2.39. The third kappa shape index (κ3) is 3.62. The number of aliphatic hydroxyl groups is 1. The van der Waals surface area contributed by atoms with E-state index < -0.39 is 0 Å². The van der Waals surface area contributed by atoms with Crippen molar-refractivity contribution in [1.82, 2.24) is 18.7 Å². The number of fused-ring (bicyclic) bond motifs is 1. The Morgan fingerprint density at radius 3 is 2.58 bits per heavy atom. The zero-order valence-electron chi connectivity index (χ0n) is 15.1. The van der Waals surface area contributed by atoms with Gasteiger partial charge in [0.05, 0.1) is 12.4 Å². The van der Waals surface area contributed by atoms with Gasteiger partial charge in [-0.2, -0.15) is 0 Å². The van der Waals surface area contributed by atoms with Crippen LogP contribution in [0.25, 0.3) is 11.2 Å². The molecule has 3 aromatic rings. The van der Waals surface area contributed by atoms with Crippen LogP contribution in [0.1, 0.15) is 31.7 Å². The zero-order chi connectivity index (χ0) is 18.7. The molecule has 1 atom stereocenters. The SMILES string of the molecule is C[C@@H](O)CCCCn1c(=O)c2c(ncn2Cc2ccccc2)n(C)c1=O. The van der Waals surface area contributed by atoms with Gasteiger partial charge >= 0.3 is 5.69 Å². The Morgan fingerprint density at radius 2 is 1.88 bits per heavy atom. The monoisotopic (exact) mass is 356 g/mol. The summed E-state index contributed by atoms with van der Waals surface area (Å²) >= 11 is 0. The number of unbranched alkanes of at least 4 members (excludes halogenated alkanes) is 1. The predicted molar refractivity (Wildman–Crippen MR) is 100 cm³/mol. The molecule has 2 heterocycles. The Kier molecular flexibility index (Phi) is 5.37. The van der Waals surface area contributed by atoms with Gasteiger partial charge in [0.1, 0.15) is 0 Å². The van der Waals surface area contributed by atoms with E-state index in [1.165, 1.54) is 9.13 Å². The molecular weight excluding hydrogens is 332 g/mol. The Balaban J connectivity index is 1.97. The Labute approximate surface area is 151 Å². The maximum atomic E-state index is 12.9. The molecule has 7 heteroatoms. The number of nitrogens with zero attached hydrogens (tertiary/aromatic N) is 4. The molecule has 0 saturated heterocycles. The average molecular weight is 356 g/mol. The first-order chi connectivity index (χ1) is 12.5. The second kappa shape index (κ2) is 7.70. The summed E-state index contributed by atoms with van der Waals surface area (Å²) in [5.41, 5.74) is 1.23. The molecule has 0 aliphatic rings. The average Bonchev–Trinajstić information content (AvgIpc) is 3.03. The van der Waals surface area contributed by atoms with Crippen LogP contribution in [0.3, 0.4) is 0 Å². The number of aromatic nitrogens is 4. The van der Waals surface area contributed by atoms with Crippen LogP contribution in [-0.4, -0.2) is 29.9 Å². The highest BCUT2D eigenvalue weighted by atomic mass is 16.3. The second-order valence-electron chi connectivity index (χ2n) is 6.67. The maximum absolute atomic E-state index is 12.9. The van der Waals surface area contributed by atoms with E-state index in [9.17, 15) is 14.7 Å². The van der Waals surface area contributed by atoms with Crippen LogP contribution >= 0.6 is 0 Å². The van der Waals surface area contributed by atoms with Crippen LogP contribution in [0.4, 0.5) is 0 Å². The summed E-state index contributed by atoms with van der Waals surface area (Å²) in [5.74, 6) is 0. The fourth-order valence-electron chi connectivity index (χ4n) is 3.13. The number of aryl methyl sites for hydroxylation is 1. The molecule has 0 amide bonds. The highest BCUT2D eigenvalue weighted by molar-refractivity contribution is 5.70. The molecule has 0 aliphatic heterocycles. The summed E-state index contributed by atoms with van der Waals surface area (Å²) in [7, 11) is 1.64. The van der Waals surface area contributed by atoms with Crippen LogP contribution in [0, 0.1) is 0 Å². The topological polar surface area (TPSA) is 82.1 Å². The van der Waals surface area contributed by atoms with Crippen LogP contribution in [0.5, 0.6) is 0 Å². The fourth-order valence-corrected chi connectivity index (χ4v) is 3.13. The number of benzene rings is 1. The molecule has 138 valence electrons. The molecule has 0 fully saturated rings. The van der Waals surface area contributed by atoms with E-state index in [0.29, 0.717) is 37.1 Å². The van der Waals surface area contributed by atoms with Gasteiger partial charge in [-0.25, -0.2) is 9.78 Å². The minimum Gasteiger partial charge on any atom is -0.393 e. The molecule has 0 unspecified atom stereocenters. The van der Waals surface area contributed by atoms with Crippen molar-refractivity contribution in [3.05, 3.63) is 63.1 Å². The minimum atomic E-state index is -0.371. The van der Waals surface area contributed by atoms with E-state index >= 15 is 0 Å². The van der Waals surface area contributed by atoms with Crippen molar-refractivity contribution in [2.24, 2.45) is 7.05 Å². The normalized spacial score (nSPS) is 12.6.